The maximum atomic E-state index is 3.81. The van der Waals surface area contributed by atoms with Crippen molar-refractivity contribution in [2.75, 3.05) is 13.1 Å². The average Bonchev–Trinajstić information content (AvgIpc) is 2.92. The highest BCUT2D eigenvalue weighted by atomic mass is 15.3. The monoisotopic (exact) mass is 272 g/mol. The van der Waals surface area contributed by atoms with Crippen LogP contribution in [-0.4, -0.2) is 35.6 Å². The van der Waals surface area contributed by atoms with Crippen LogP contribution >= 0.6 is 0 Å². The van der Waals surface area contributed by atoms with Gasteiger partial charge in [-0.15, -0.1) is 0 Å². The number of nitrogens with one attached hydrogen (secondary N) is 1. The molecule has 0 spiro atoms. The molecule has 110 valence electrons. The number of nitrogens with zero attached hydrogens (tertiary/aromatic N) is 1. The third-order valence-corrected chi connectivity index (χ3v) is 5.68. The van der Waals surface area contributed by atoms with Crippen LogP contribution in [0.4, 0.5) is 0 Å². The minimum atomic E-state index is 0.335. The van der Waals surface area contributed by atoms with Gasteiger partial charge in [-0.05, 0) is 43.7 Å². The van der Waals surface area contributed by atoms with E-state index in [0.717, 1.165) is 6.54 Å². The molecule has 3 rings (SSSR count). The second kappa shape index (κ2) is 5.50. The van der Waals surface area contributed by atoms with E-state index >= 15 is 0 Å². The van der Waals surface area contributed by atoms with Crippen LogP contribution in [0.3, 0.4) is 0 Å². The van der Waals surface area contributed by atoms with Crippen LogP contribution < -0.4 is 5.32 Å². The summed E-state index contributed by atoms with van der Waals surface area (Å²) in [6.07, 6.45) is 4.94. The van der Waals surface area contributed by atoms with Gasteiger partial charge in [-0.3, -0.25) is 4.90 Å². The van der Waals surface area contributed by atoms with Crippen molar-refractivity contribution in [3.05, 3.63) is 35.4 Å². The fourth-order valence-corrected chi connectivity index (χ4v) is 4.03. The Morgan fingerprint density at radius 2 is 1.75 bits per heavy atom. The standard InChI is InChI=1S/C18H28N2/c1-4-18(5-2)13-20(14(3)12-19-18)17-10-15-8-6-7-9-16(15)11-17/h6-9,14,17,19H,4-5,10-13H2,1-3H3. The maximum absolute atomic E-state index is 3.81. The molecule has 1 aliphatic heterocycles. The largest absolute Gasteiger partial charge is 0.308 e. The van der Waals surface area contributed by atoms with Crippen molar-refractivity contribution < 1.29 is 0 Å². The molecular formula is C18H28N2. The Balaban J connectivity index is 1.77. The molecule has 0 bridgehead atoms. The molecule has 1 aromatic rings. The second-order valence-electron chi connectivity index (χ2n) is 6.72. The minimum Gasteiger partial charge on any atom is -0.308 e. The van der Waals surface area contributed by atoms with Gasteiger partial charge in [0, 0.05) is 30.7 Å². The van der Waals surface area contributed by atoms with Crippen molar-refractivity contribution in [1.82, 2.24) is 10.2 Å². The molecule has 2 nitrogen and oxygen atoms in total. The summed E-state index contributed by atoms with van der Waals surface area (Å²) in [4.78, 5) is 2.78. The Morgan fingerprint density at radius 1 is 1.15 bits per heavy atom. The van der Waals surface area contributed by atoms with Gasteiger partial charge in [-0.2, -0.15) is 0 Å². The Hall–Kier alpha value is -0.860. The molecule has 2 aliphatic rings. The zero-order valence-corrected chi connectivity index (χ0v) is 13.2. The lowest BCUT2D eigenvalue weighted by atomic mass is 9.87. The van der Waals surface area contributed by atoms with Crippen molar-refractivity contribution in [3.8, 4) is 0 Å². The van der Waals surface area contributed by atoms with E-state index in [1.807, 2.05) is 0 Å². The minimum absolute atomic E-state index is 0.335. The molecule has 1 atom stereocenters. The van der Waals surface area contributed by atoms with Gasteiger partial charge >= 0.3 is 0 Å². The van der Waals surface area contributed by atoms with Crippen molar-refractivity contribution in [1.29, 1.82) is 0 Å². The molecule has 1 N–H and O–H groups in total. The van der Waals surface area contributed by atoms with Gasteiger partial charge in [0.2, 0.25) is 0 Å². The number of benzene rings is 1. The average molecular weight is 272 g/mol. The van der Waals surface area contributed by atoms with Gasteiger partial charge in [0.15, 0.2) is 0 Å². The summed E-state index contributed by atoms with van der Waals surface area (Å²) in [5.74, 6) is 0. The zero-order chi connectivity index (χ0) is 14.2. The van der Waals surface area contributed by atoms with Gasteiger partial charge in [-0.1, -0.05) is 38.1 Å². The zero-order valence-electron chi connectivity index (χ0n) is 13.2. The van der Waals surface area contributed by atoms with Crippen LogP contribution in [0.5, 0.6) is 0 Å². The molecule has 1 fully saturated rings. The molecule has 0 amide bonds. The highest BCUT2D eigenvalue weighted by Gasteiger charge is 2.39. The summed E-state index contributed by atoms with van der Waals surface area (Å²) in [5, 5.41) is 3.81. The summed E-state index contributed by atoms with van der Waals surface area (Å²) in [6.45, 7) is 9.38. The summed E-state index contributed by atoms with van der Waals surface area (Å²) < 4.78 is 0. The predicted molar refractivity (Wildman–Crippen MR) is 85.1 cm³/mol. The van der Waals surface area contributed by atoms with E-state index in [0.29, 0.717) is 17.6 Å². The second-order valence-corrected chi connectivity index (χ2v) is 6.72. The van der Waals surface area contributed by atoms with E-state index in [2.05, 4.69) is 55.3 Å². The first kappa shape index (κ1) is 14.1. The highest BCUT2D eigenvalue weighted by Crippen LogP contribution is 2.31. The van der Waals surface area contributed by atoms with Crippen LogP contribution in [0.2, 0.25) is 0 Å². The van der Waals surface area contributed by atoms with Gasteiger partial charge in [0.05, 0.1) is 0 Å². The molecule has 1 heterocycles. The summed E-state index contributed by atoms with van der Waals surface area (Å²) >= 11 is 0. The van der Waals surface area contributed by atoms with Crippen LogP contribution in [0.1, 0.15) is 44.7 Å². The van der Waals surface area contributed by atoms with Crippen molar-refractivity contribution in [3.63, 3.8) is 0 Å². The number of hydrogen-bond donors (Lipinski definition) is 1. The first-order valence-corrected chi connectivity index (χ1v) is 8.25. The smallest absolute Gasteiger partial charge is 0.0304 e. The van der Waals surface area contributed by atoms with Crippen molar-refractivity contribution in [2.45, 2.75) is 64.1 Å². The van der Waals surface area contributed by atoms with Gasteiger partial charge in [-0.25, -0.2) is 0 Å². The Labute approximate surface area is 123 Å². The van der Waals surface area contributed by atoms with Crippen LogP contribution in [0.15, 0.2) is 24.3 Å². The van der Waals surface area contributed by atoms with Crippen molar-refractivity contribution >= 4 is 0 Å². The van der Waals surface area contributed by atoms with Crippen LogP contribution in [0.25, 0.3) is 0 Å². The number of piperazine rings is 1. The molecule has 1 aromatic carbocycles. The Kier molecular flexibility index (Phi) is 3.87. The van der Waals surface area contributed by atoms with Gasteiger partial charge in [0.1, 0.15) is 0 Å². The third-order valence-electron chi connectivity index (χ3n) is 5.68. The Bertz CT molecular complexity index is 439. The Morgan fingerprint density at radius 3 is 2.30 bits per heavy atom. The normalized spacial score (nSPS) is 26.6. The number of rotatable bonds is 3. The number of hydrogen-bond acceptors (Lipinski definition) is 2. The first-order valence-electron chi connectivity index (χ1n) is 8.25. The predicted octanol–water partition coefficient (Wildman–Crippen LogP) is 3.01. The lowest BCUT2D eigenvalue weighted by molar-refractivity contribution is 0.0473. The summed E-state index contributed by atoms with van der Waals surface area (Å²) in [6, 6.07) is 10.4. The van der Waals surface area contributed by atoms with E-state index in [9.17, 15) is 0 Å². The molecule has 1 saturated heterocycles. The fourth-order valence-electron chi connectivity index (χ4n) is 4.03. The molecule has 0 aromatic heterocycles. The highest BCUT2D eigenvalue weighted by molar-refractivity contribution is 5.33. The van der Waals surface area contributed by atoms with Crippen molar-refractivity contribution in [2.24, 2.45) is 0 Å². The van der Waals surface area contributed by atoms with Gasteiger partial charge < -0.3 is 5.32 Å². The lowest BCUT2D eigenvalue weighted by Gasteiger charge is -2.49. The quantitative estimate of drug-likeness (QED) is 0.910. The molecule has 0 radical (unpaired) electrons. The van der Waals surface area contributed by atoms with E-state index in [-0.39, 0.29) is 0 Å². The van der Waals surface area contributed by atoms with E-state index in [1.165, 1.54) is 32.2 Å². The summed E-state index contributed by atoms with van der Waals surface area (Å²) in [5.41, 5.74) is 3.48. The van der Waals surface area contributed by atoms with E-state index < -0.39 is 0 Å². The van der Waals surface area contributed by atoms with E-state index in [4.69, 9.17) is 0 Å². The molecule has 2 heteroatoms. The topological polar surface area (TPSA) is 15.3 Å². The van der Waals surface area contributed by atoms with Crippen LogP contribution in [0, 0.1) is 0 Å². The maximum Gasteiger partial charge on any atom is 0.0304 e. The van der Waals surface area contributed by atoms with Crippen LogP contribution in [-0.2, 0) is 12.8 Å². The van der Waals surface area contributed by atoms with E-state index in [1.54, 1.807) is 11.1 Å². The summed E-state index contributed by atoms with van der Waals surface area (Å²) in [7, 11) is 0. The first-order chi connectivity index (χ1) is 9.67. The SMILES string of the molecule is CCC1(CC)CN(C2Cc3ccccc3C2)C(C)CN1. The van der Waals surface area contributed by atoms with Gasteiger partial charge in [0.25, 0.3) is 0 Å². The third kappa shape index (κ3) is 2.40. The fraction of sp³-hybridized carbons (Fsp3) is 0.667. The number of fused-ring (bicyclic) bond motifs is 1. The molecule has 1 aliphatic carbocycles. The molecule has 20 heavy (non-hydrogen) atoms. The lowest BCUT2D eigenvalue weighted by Crippen LogP contribution is -2.65. The molecule has 1 unspecified atom stereocenters. The molecule has 0 saturated carbocycles. The molecular weight excluding hydrogens is 244 g/mol.